The molecular weight excluding hydrogens is 276 g/mol. The molecule has 0 aliphatic carbocycles. The molecule has 0 N–H and O–H groups in total. The summed E-state index contributed by atoms with van der Waals surface area (Å²) in [5.41, 5.74) is 3.55. The lowest BCUT2D eigenvalue weighted by Gasteiger charge is -2.01. The Hall–Kier alpha value is -2.52. The molecule has 0 amide bonds. The summed E-state index contributed by atoms with van der Waals surface area (Å²) in [6, 6.07) is 16.8. The predicted octanol–water partition coefficient (Wildman–Crippen LogP) is 5.03. The first-order valence-electron chi connectivity index (χ1n) is 6.75. The average molecular weight is 288 g/mol. The first-order chi connectivity index (χ1) is 10.4. The third-order valence-electron chi connectivity index (χ3n) is 3.46. The van der Waals surface area contributed by atoms with Gasteiger partial charge in [-0.05, 0) is 23.6 Å². The Morgan fingerprint density at radius 2 is 1.52 bits per heavy atom. The highest BCUT2D eigenvalue weighted by Crippen LogP contribution is 2.38. The summed E-state index contributed by atoms with van der Waals surface area (Å²) in [6.07, 6.45) is 7.43. The Morgan fingerprint density at radius 3 is 2.24 bits per heavy atom. The highest BCUT2D eigenvalue weighted by Gasteiger charge is 2.09. The van der Waals surface area contributed by atoms with Crippen LogP contribution < -0.4 is 0 Å². The molecule has 3 heterocycles. The first-order valence-corrected chi connectivity index (χ1v) is 7.57. The molecule has 4 aromatic rings. The lowest BCUT2D eigenvalue weighted by molar-refractivity contribution is 1.33. The first kappa shape index (κ1) is 12.2. The van der Waals surface area contributed by atoms with Gasteiger partial charge in [0, 0.05) is 51.1 Å². The van der Waals surface area contributed by atoms with Crippen molar-refractivity contribution >= 4 is 21.4 Å². The fraction of sp³-hybridized carbons (Fsp3) is 0. The summed E-state index contributed by atoms with van der Waals surface area (Å²) in [4.78, 5) is 9.68. The minimum Gasteiger partial charge on any atom is -0.264 e. The second-order valence-corrected chi connectivity index (χ2v) is 5.87. The maximum Gasteiger partial charge on any atom is 0.0428 e. The van der Waals surface area contributed by atoms with Crippen molar-refractivity contribution in [3.8, 4) is 21.6 Å². The molecule has 3 heteroatoms. The Kier molecular flexibility index (Phi) is 2.98. The summed E-state index contributed by atoms with van der Waals surface area (Å²) in [5.74, 6) is 0. The van der Waals surface area contributed by atoms with Gasteiger partial charge in [-0.1, -0.05) is 30.3 Å². The van der Waals surface area contributed by atoms with Crippen LogP contribution in [0.2, 0.25) is 0 Å². The van der Waals surface area contributed by atoms with Gasteiger partial charge in [0.15, 0.2) is 0 Å². The van der Waals surface area contributed by atoms with E-state index in [1.807, 2.05) is 24.5 Å². The predicted molar refractivity (Wildman–Crippen MR) is 88.3 cm³/mol. The van der Waals surface area contributed by atoms with Crippen molar-refractivity contribution in [2.24, 2.45) is 0 Å². The minimum absolute atomic E-state index is 1.16. The van der Waals surface area contributed by atoms with Crippen molar-refractivity contribution in [2.45, 2.75) is 0 Å². The van der Waals surface area contributed by atoms with Crippen LogP contribution in [0.25, 0.3) is 31.7 Å². The standard InChI is InChI=1S/C18H12N2S/c1-4-13-10-17(15-6-3-9-20-12-15)21-18(13)16(7-1)14-5-2-8-19-11-14/h1-12H. The van der Waals surface area contributed by atoms with E-state index < -0.39 is 0 Å². The molecule has 0 saturated carbocycles. The highest BCUT2D eigenvalue weighted by atomic mass is 32.1. The maximum absolute atomic E-state index is 4.23. The topological polar surface area (TPSA) is 25.8 Å². The van der Waals surface area contributed by atoms with Gasteiger partial charge in [-0.15, -0.1) is 11.3 Å². The Balaban J connectivity index is 1.93. The normalized spacial score (nSPS) is 10.9. The second kappa shape index (κ2) is 5.11. The molecular formula is C18H12N2S. The number of fused-ring (bicyclic) bond motifs is 1. The van der Waals surface area contributed by atoms with Crippen LogP contribution in [0.3, 0.4) is 0 Å². The van der Waals surface area contributed by atoms with Crippen molar-refractivity contribution in [1.82, 2.24) is 9.97 Å². The molecule has 0 atom stereocenters. The molecule has 0 aliphatic rings. The van der Waals surface area contributed by atoms with E-state index in [-0.39, 0.29) is 0 Å². The Morgan fingerprint density at radius 1 is 0.762 bits per heavy atom. The molecule has 0 spiro atoms. The second-order valence-electron chi connectivity index (χ2n) is 4.82. The number of hydrogen-bond donors (Lipinski definition) is 0. The van der Waals surface area contributed by atoms with Gasteiger partial charge in [0.25, 0.3) is 0 Å². The Labute approximate surface area is 126 Å². The molecule has 1 aromatic carbocycles. The van der Waals surface area contributed by atoms with Gasteiger partial charge < -0.3 is 0 Å². The molecule has 21 heavy (non-hydrogen) atoms. The smallest absolute Gasteiger partial charge is 0.0428 e. The van der Waals surface area contributed by atoms with E-state index in [0.717, 1.165) is 11.1 Å². The maximum atomic E-state index is 4.23. The van der Waals surface area contributed by atoms with Crippen molar-refractivity contribution < 1.29 is 0 Å². The van der Waals surface area contributed by atoms with Crippen LogP contribution in [0.4, 0.5) is 0 Å². The molecule has 0 fully saturated rings. The summed E-state index contributed by atoms with van der Waals surface area (Å²) < 4.78 is 1.30. The van der Waals surface area contributed by atoms with E-state index in [0.29, 0.717) is 0 Å². The van der Waals surface area contributed by atoms with E-state index >= 15 is 0 Å². The number of nitrogens with zero attached hydrogens (tertiary/aromatic N) is 2. The van der Waals surface area contributed by atoms with Crippen LogP contribution in [0, 0.1) is 0 Å². The Bertz CT molecular complexity index is 883. The molecule has 4 rings (SSSR count). The van der Waals surface area contributed by atoms with E-state index in [1.54, 1.807) is 23.7 Å². The molecule has 0 unspecified atom stereocenters. The molecule has 0 saturated heterocycles. The number of hydrogen-bond acceptors (Lipinski definition) is 3. The van der Waals surface area contributed by atoms with Crippen LogP contribution in [0.1, 0.15) is 0 Å². The molecule has 3 aromatic heterocycles. The van der Waals surface area contributed by atoms with Crippen LogP contribution in [0.5, 0.6) is 0 Å². The SMILES string of the molecule is c1cncc(-c2cc3cccc(-c4cccnc4)c3s2)c1. The largest absolute Gasteiger partial charge is 0.264 e. The summed E-state index contributed by atoms with van der Waals surface area (Å²) in [5, 5.41) is 1.26. The number of rotatable bonds is 2. The monoisotopic (exact) mass is 288 g/mol. The third kappa shape index (κ3) is 2.22. The number of aromatic nitrogens is 2. The quantitative estimate of drug-likeness (QED) is 0.517. The van der Waals surface area contributed by atoms with Gasteiger partial charge in [-0.3, -0.25) is 9.97 Å². The zero-order valence-electron chi connectivity index (χ0n) is 11.2. The summed E-state index contributed by atoms with van der Waals surface area (Å²) in [6.45, 7) is 0. The van der Waals surface area contributed by atoms with Gasteiger partial charge in [0.05, 0.1) is 0 Å². The van der Waals surface area contributed by atoms with Crippen LogP contribution in [0.15, 0.2) is 73.3 Å². The number of thiophene rings is 1. The average Bonchev–Trinajstić information content (AvgIpc) is 3.00. The highest BCUT2D eigenvalue weighted by molar-refractivity contribution is 7.22. The molecule has 0 radical (unpaired) electrons. The van der Waals surface area contributed by atoms with Crippen molar-refractivity contribution in [3.05, 3.63) is 73.3 Å². The van der Waals surface area contributed by atoms with E-state index in [2.05, 4.69) is 46.4 Å². The van der Waals surface area contributed by atoms with Crippen molar-refractivity contribution in [2.75, 3.05) is 0 Å². The van der Waals surface area contributed by atoms with Gasteiger partial charge in [0.2, 0.25) is 0 Å². The zero-order chi connectivity index (χ0) is 14.1. The molecule has 2 nitrogen and oxygen atoms in total. The van der Waals surface area contributed by atoms with Gasteiger partial charge in [0.1, 0.15) is 0 Å². The lowest BCUT2D eigenvalue weighted by atomic mass is 10.1. The fourth-order valence-corrected chi connectivity index (χ4v) is 3.65. The van der Waals surface area contributed by atoms with Crippen LogP contribution >= 0.6 is 11.3 Å². The summed E-state index contributed by atoms with van der Waals surface area (Å²) in [7, 11) is 0. The van der Waals surface area contributed by atoms with Crippen LogP contribution in [-0.2, 0) is 0 Å². The fourth-order valence-electron chi connectivity index (χ4n) is 2.46. The molecule has 0 bridgehead atoms. The van der Waals surface area contributed by atoms with E-state index in [9.17, 15) is 0 Å². The van der Waals surface area contributed by atoms with E-state index in [1.165, 1.54) is 20.5 Å². The van der Waals surface area contributed by atoms with Crippen molar-refractivity contribution in [1.29, 1.82) is 0 Å². The van der Waals surface area contributed by atoms with Crippen molar-refractivity contribution in [3.63, 3.8) is 0 Å². The number of pyridine rings is 2. The zero-order valence-corrected chi connectivity index (χ0v) is 12.0. The van der Waals surface area contributed by atoms with E-state index in [4.69, 9.17) is 0 Å². The number of benzene rings is 1. The van der Waals surface area contributed by atoms with Crippen LogP contribution in [-0.4, -0.2) is 9.97 Å². The van der Waals surface area contributed by atoms with Gasteiger partial charge >= 0.3 is 0 Å². The third-order valence-corrected chi connectivity index (χ3v) is 4.70. The minimum atomic E-state index is 1.16. The lowest BCUT2D eigenvalue weighted by Crippen LogP contribution is -1.78. The van der Waals surface area contributed by atoms with Gasteiger partial charge in [-0.2, -0.15) is 0 Å². The summed E-state index contributed by atoms with van der Waals surface area (Å²) >= 11 is 1.80. The molecule has 100 valence electrons. The van der Waals surface area contributed by atoms with Gasteiger partial charge in [-0.25, -0.2) is 0 Å². The molecule has 0 aliphatic heterocycles.